The van der Waals surface area contributed by atoms with Gasteiger partial charge in [0.2, 0.25) is 0 Å². The van der Waals surface area contributed by atoms with Gasteiger partial charge in [-0.3, -0.25) is 0 Å². The van der Waals surface area contributed by atoms with Crippen molar-refractivity contribution in [3.05, 3.63) is 0 Å². The Labute approximate surface area is 239 Å². The van der Waals surface area contributed by atoms with Crippen LogP contribution in [0.3, 0.4) is 0 Å². The molecule has 19 heavy (non-hydrogen) atoms. The van der Waals surface area contributed by atoms with Gasteiger partial charge in [-0.2, -0.15) is 0 Å². The number of hydrogen-bond donors (Lipinski definition) is 0. The van der Waals surface area contributed by atoms with Crippen molar-refractivity contribution in [1.29, 1.82) is 0 Å². The molecule has 0 unspecified atom stereocenters. The van der Waals surface area contributed by atoms with Crippen LogP contribution in [0.25, 0.3) is 0 Å². The summed E-state index contributed by atoms with van der Waals surface area (Å²) in [6.07, 6.45) is 0. The van der Waals surface area contributed by atoms with Gasteiger partial charge in [-0.25, -0.2) is 0 Å². The summed E-state index contributed by atoms with van der Waals surface area (Å²) < 4.78 is 0. The van der Waals surface area contributed by atoms with Gasteiger partial charge in [-0.05, 0) is 0 Å². The van der Waals surface area contributed by atoms with Crippen LogP contribution in [-0.4, -0.2) is 4.93 Å². The Morgan fingerprint density at radius 1 is 0.526 bits per heavy atom. The third-order valence-electron chi connectivity index (χ3n) is 0.679. The average molecular weight is 2300 g/mol. The van der Waals surface area contributed by atoms with E-state index < -0.39 is 7.89 Å². The van der Waals surface area contributed by atoms with Crippen LogP contribution < -0.4 is 17.2 Å². The van der Waals surface area contributed by atoms with Gasteiger partial charge < -0.3 is 0 Å². The van der Waals surface area contributed by atoms with Crippen LogP contribution in [-0.2, 0) is 0 Å². The van der Waals surface area contributed by atoms with Crippen molar-refractivity contribution in [1.82, 2.24) is 0 Å². The van der Waals surface area contributed by atoms with Crippen molar-refractivity contribution in [2.75, 3.05) is 4.93 Å². The molecule has 0 aliphatic heterocycles. The van der Waals surface area contributed by atoms with Crippen molar-refractivity contribution in [3.63, 3.8) is 0 Å². The quantitative estimate of drug-likeness (QED) is 0.168. The van der Waals surface area contributed by atoms with Crippen molar-refractivity contribution < 1.29 is 17.2 Å². The van der Waals surface area contributed by atoms with Crippen LogP contribution in [0.15, 0.2) is 0 Å². The summed E-state index contributed by atoms with van der Waals surface area (Å²) in [5.74, 6) is 0. The molecule has 0 bridgehead atoms. The van der Waals surface area contributed by atoms with Crippen molar-refractivity contribution in [2.24, 2.45) is 0 Å². The molecule has 0 amide bonds. The molecule has 0 saturated heterocycles. The van der Waals surface area contributed by atoms with Gasteiger partial charge in [0, 0.05) is 0 Å². The molecule has 0 aliphatic carbocycles. The third-order valence-corrected chi connectivity index (χ3v) is 1190. The van der Waals surface area contributed by atoms with Crippen LogP contribution in [0, 0.1) is 0 Å². The number of halogens is 18. The van der Waals surface area contributed by atoms with Gasteiger partial charge in [0.1, 0.15) is 0 Å². The van der Waals surface area contributed by atoms with Gasteiger partial charge >= 0.3 is 253 Å². The van der Waals surface area contributed by atoms with E-state index in [4.69, 9.17) is 0 Å². The van der Waals surface area contributed by atoms with Crippen molar-refractivity contribution >= 4 is 231 Å². The zero-order valence-electron chi connectivity index (χ0n) is 7.80. The Hall–Kier alpha value is 13.1. The Bertz CT molecular complexity index is 236. The second kappa shape index (κ2) is 19.4. The van der Waals surface area contributed by atoms with Gasteiger partial charge in [0.25, 0.3) is 0 Å². The molecule has 0 fully saturated rings. The number of hydrogen-bond acceptors (Lipinski definition) is 0. The fourth-order valence-corrected chi connectivity index (χ4v) is 2600. The van der Waals surface area contributed by atoms with E-state index in [-0.39, 0.29) is 55.3 Å². The van der Waals surface area contributed by atoms with Crippen molar-refractivity contribution in [3.8, 4) is 0 Å². The molecule has 0 aliphatic rings. The minimum atomic E-state index is -0.427. The van der Waals surface area contributed by atoms with Crippen LogP contribution in [0.2, 0.25) is 0 Å². The third kappa shape index (κ3) is 14.2. The average Bonchev–Trinajstić information content (AvgIpc) is 2.40. The summed E-state index contributed by atoms with van der Waals surface area (Å²) in [5, 5.41) is 0. The van der Waals surface area contributed by atoms with E-state index in [1.54, 1.807) is 0 Å². The molecule has 0 aromatic carbocycles. The predicted molar refractivity (Wildman–Crippen MR) is 244 cm³/mol. The molecule has 0 aromatic rings. The molecule has 0 radical (unpaired) electrons. The monoisotopic (exact) mass is 2300 g/mol. The molecular formula is CH3I18-. The summed E-state index contributed by atoms with van der Waals surface area (Å²) >= 11 is 28.1. The van der Waals surface area contributed by atoms with Gasteiger partial charge in [0.05, 0.1) is 0 Å². The van der Waals surface area contributed by atoms with E-state index in [0.29, 0.717) is 17.2 Å². The summed E-state index contributed by atoms with van der Waals surface area (Å²) in [6, 6.07) is 0. The fourth-order valence-electron chi connectivity index (χ4n) is 0.226. The Balaban J connectivity index is 4.67. The molecule has 0 N–H and O–H groups in total. The molecule has 134 valence electrons. The Morgan fingerprint density at radius 3 is 1.16 bits per heavy atom. The second-order valence-electron chi connectivity index (χ2n) is 1.44. The Morgan fingerprint density at radius 2 is 0.842 bits per heavy atom. The van der Waals surface area contributed by atoms with Gasteiger partial charge in [-0.15, -0.1) is 0 Å². The van der Waals surface area contributed by atoms with Crippen LogP contribution in [0.1, 0.15) is 0 Å². The zero-order chi connectivity index (χ0) is 15.3. The normalized spacial score (nSPS) is 17.6. The zero-order valence-corrected chi connectivity index (χ0v) is 46.6. The molecule has 0 saturated carbocycles. The summed E-state index contributed by atoms with van der Waals surface area (Å²) in [7, 11) is -2.95. The minimum absolute atomic E-state index is 0.306. The first-order valence-electron chi connectivity index (χ1n) is 2.81. The molecule has 0 atom stereocenters. The summed E-state index contributed by atoms with van der Waals surface area (Å²) in [4.78, 5) is 2.60. The van der Waals surface area contributed by atoms with E-state index in [0.717, 1.165) is 0 Å². The summed E-state index contributed by atoms with van der Waals surface area (Å²) in [6.45, 7) is 0. The maximum atomic E-state index is 3.15. The molecule has 0 rings (SSSR count). The molecule has 0 nitrogen and oxygen atoms in total. The first kappa shape index (κ1) is 32.1. The van der Waals surface area contributed by atoms with E-state index in [9.17, 15) is 0 Å². The molecular weight excluding hydrogens is 2300 g/mol. The van der Waals surface area contributed by atoms with E-state index in [2.05, 4.69) is 172 Å². The standard InChI is InChI=1S/CH3I18/c1-11-13(4)15(6)17(8)19(10)18(9)16(7)14(5)12(2)3/h1H3/q-1. The molecule has 0 aromatic heterocycles. The van der Waals surface area contributed by atoms with Gasteiger partial charge in [0.15, 0.2) is 0 Å². The van der Waals surface area contributed by atoms with E-state index >= 15 is 0 Å². The van der Waals surface area contributed by atoms with E-state index in [1.165, 1.54) is 0 Å². The Kier molecular flexibility index (Phi) is 32.9. The predicted octanol–water partition coefficient (Wildman–Crippen LogP) is 12.2. The SMILES string of the molecule is C[I-]I(I)I(I)I(I)I(I)I(I)I(I)I(I)I(I)I. The summed E-state index contributed by atoms with van der Waals surface area (Å²) in [5.41, 5.74) is 0. The molecule has 0 heterocycles. The van der Waals surface area contributed by atoms with Crippen LogP contribution in [0.5, 0.6) is 0 Å². The van der Waals surface area contributed by atoms with Gasteiger partial charge in [-0.1, -0.05) is 0 Å². The maximum absolute atomic E-state index is 3.15. The van der Waals surface area contributed by atoms with Crippen LogP contribution in [0.4, 0.5) is 0 Å². The first-order chi connectivity index (χ1) is 8.64. The number of rotatable bonds is 8. The van der Waals surface area contributed by atoms with E-state index in [1.807, 2.05) is 0 Å². The number of alkyl halides is 1. The second-order valence-corrected chi connectivity index (χ2v) is 398. The first-order valence-corrected chi connectivity index (χ1v) is 112. The molecule has 0 spiro atoms. The molecule has 18 heteroatoms. The fraction of sp³-hybridized carbons (Fsp3) is 1.00. The van der Waals surface area contributed by atoms with Crippen molar-refractivity contribution in [2.45, 2.75) is 0 Å². The van der Waals surface area contributed by atoms with Crippen LogP contribution >= 0.6 is 231 Å². The topological polar surface area (TPSA) is 0 Å².